The lowest BCUT2D eigenvalue weighted by Crippen LogP contribution is -2.29. The molecule has 0 aromatic heterocycles. The van der Waals surface area contributed by atoms with Crippen LogP contribution in [0.5, 0.6) is 0 Å². The minimum atomic E-state index is 0.129. The van der Waals surface area contributed by atoms with Crippen molar-refractivity contribution in [2.24, 2.45) is 5.73 Å². The van der Waals surface area contributed by atoms with Crippen LogP contribution in [0.25, 0.3) is 0 Å². The fraction of sp³-hybridized carbons (Fsp3) is 0.538. The molecule has 5 heteroatoms. The summed E-state index contributed by atoms with van der Waals surface area (Å²) in [6, 6.07) is 6.02. The van der Waals surface area contributed by atoms with Gasteiger partial charge in [0.15, 0.2) is 0 Å². The van der Waals surface area contributed by atoms with Crippen molar-refractivity contribution in [1.29, 1.82) is 0 Å². The molecule has 1 aromatic carbocycles. The second-order valence-corrected chi connectivity index (χ2v) is 5.46. The second-order valence-electron chi connectivity index (χ2n) is 4.20. The van der Waals surface area contributed by atoms with E-state index < -0.39 is 0 Å². The third kappa shape index (κ3) is 5.24. The van der Waals surface area contributed by atoms with E-state index in [1.165, 1.54) is 0 Å². The van der Waals surface area contributed by atoms with Crippen molar-refractivity contribution in [3.8, 4) is 0 Å². The Labute approximate surface area is 122 Å². The van der Waals surface area contributed by atoms with Gasteiger partial charge in [-0.25, -0.2) is 0 Å². The molecule has 0 saturated heterocycles. The van der Waals surface area contributed by atoms with Gasteiger partial charge in [0.1, 0.15) is 0 Å². The van der Waals surface area contributed by atoms with Crippen LogP contribution < -0.4 is 11.1 Å². The third-order valence-electron chi connectivity index (χ3n) is 2.81. The molecule has 1 unspecified atom stereocenters. The quantitative estimate of drug-likeness (QED) is 0.640. The summed E-state index contributed by atoms with van der Waals surface area (Å²) < 4.78 is 0.895. The number of hydrogen-bond acceptors (Lipinski definition) is 3. The highest BCUT2D eigenvalue weighted by Crippen LogP contribution is 2.25. The fourth-order valence-electron chi connectivity index (χ4n) is 1.76. The Hall–Kier alpha value is -0.130. The zero-order valence-corrected chi connectivity index (χ0v) is 12.7. The van der Waals surface area contributed by atoms with E-state index in [2.05, 4.69) is 21.2 Å². The Balaban J connectivity index is 2.47. The molecule has 18 heavy (non-hydrogen) atoms. The maximum atomic E-state index is 8.70. The average Bonchev–Trinajstić information content (AvgIpc) is 2.37. The number of halogens is 2. The number of unbranched alkanes of at least 4 members (excludes halogenated alkanes) is 2. The molecule has 1 atom stereocenters. The first kappa shape index (κ1) is 15.9. The molecule has 0 spiro atoms. The maximum absolute atomic E-state index is 8.70. The van der Waals surface area contributed by atoms with E-state index in [-0.39, 0.29) is 12.6 Å². The smallest absolute Gasteiger partial charge is 0.0551 e. The number of benzene rings is 1. The molecular weight excluding hydrogens is 316 g/mol. The van der Waals surface area contributed by atoms with E-state index in [0.717, 1.165) is 35.8 Å². The highest BCUT2D eigenvalue weighted by Gasteiger charge is 2.10. The van der Waals surface area contributed by atoms with Gasteiger partial charge in [0.2, 0.25) is 0 Å². The van der Waals surface area contributed by atoms with E-state index in [9.17, 15) is 0 Å². The number of aliphatic hydroxyl groups is 1. The van der Waals surface area contributed by atoms with Gasteiger partial charge in [0.25, 0.3) is 0 Å². The van der Waals surface area contributed by atoms with Gasteiger partial charge in [0, 0.05) is 23.7 Å². The Morgan fingerprint density at radius 3 is 2.72 bits per heavy atom. The van der Waals surface area contributed by atoms with Crippen LogP contribution in [-0.4, -0.2) is 24.8 Å². The largest absolute Gasteiger partial charge is 0.396 e. The zero-order valence-electron chi connectivity index (χ0n) is 10.3. The van der Waals surface area contributed by atoms with Gasteiger partial charge in [0.05, 0.1) is 5.02 Å². The van der Waals surface area contributed by atoms with Crippen molar-refractivity contribution in [1.82, 2.24) is 5.32 Å². The summed E-state index contributed by atoms with van der Waals surface area (Å²) in [7, 11) is 0. The van der Waals surface area contributed by atoms with Gasteiger partial charge < -0.3 is 16.2 Å². The highest BCUT2D eigenvalue weighted by atomic mass is 79.9. The first-order valence-corrected chi connectivity index (χ1v) is 7.35. The standard InChI is InChI=1S/C13H20BrClN2O/c14-11-5-4-10(8-12(11)15)13(9-16)17-6-2-1-3-7-18/h4-5,8,13,17-18H,1-3,6-7,9,16H2. The van der Waals surface area contributed by atoms with Crippen LogP contribution in [0.4, 0.5) is 0 Å². The highest BCUT2D eigenvalue weighted by molar-refractivity contribution is 9.10. The molecule has 4 N–H and O–H groups in total. The lowest BCUT2D eigenvalue weighted by molar-refractivity contribution is 0.282. The summed E-state index contributed by atoms with van der Waals surface area (Å²) in [5.74, 6) is 0. The topological polar surface area (TPSA) is 58.3 Å². The van der Waals surface area contributed by atoms with Crippen LogP contribution in [0.2, 0.25) is 5.02 Å². The van der Waals surface area contributed by atoms with E-state index in [1.807, 2.05) is 18.2 Å². The number of hydrogen-bond donors (Lipinski definition) is 3. The predicted molar refractivity (Wildman–Crippen MR) is 79.9 cm³/mol. The first-order chi connectivity index (χ1) is 8.69. The minimum Gasteiger partial charge on any atom is -0.396 e. The second kappa shape index (κ2) is 8.88. The Kier molecular flexibility index (Phi) is 7.86. The van der Waals surface area contributed by atoms with Crippen molar-refractivity contribution in [3.63, 3.8) is 0 Å². The number of nitrogens with two attached hydrogens (primary N) is 1. The molecule has 102 valence electrons. The average molecular weight is 336 g/mol. The molecule has 0 aliphatic carbocycles. The van der Waals surface area contributed by atoms with Crippen molar-refractivity contribution >= 4 is 27.5 Å². The molecule has 0 heterocycles. The molecule has 0 bridgehead atoms. The van der Waals surface area contributed by atoms with Gasteiger partial charge in [-0.1, -0.05) is 17.7 Å². The molecule has 0 amide bonds. The van der Waals surface area contributed by atoms with Crippen LogP contribution in [-0.2, 0) is 0 Å². The van der Waals surface area contributed by atoms with Crippen LogP contribution in [0.15, 0.2) is 22.7 Å². The maximum Gasteiger partial charge on any atom is 0.0551 e. The third-order valence-corrected chi connectivity index (χ3v) is 4.04. The lowest BCUT2D eigenvalue weighted by atomic mass is 10.1. The summed E-state index contributed by atoms with van der Waals surface area (Å²) in [6.07, 6.45) is 2.93. The normalized spacial score (nSPS) is 12.7. The predicted octanol–water partition coefficient (Wildman–Crippen LogP) is 2.85. The molecule has 0 saturated carbocycles. The molecule has 0 radical (unpaired) electrons. The molecule has 3 nitrogen and oxygen atoms in total. The Morgan fingerprint density at radius 1 is 1.33 bits per heavy atom. The van der Waals surface area contributed by atoms with Crippen LogP contribution in [0.3, 0.4) is 0 Å². The van der Waals surface area contributed by atoms with Crippen LogP contribution >= 0.6 is 27.5 Å². The number of aliphatic hydroxyl groups excluding tert-OH is 1. The molecular formula is C13H20BrClN2O. The lowest BCUT2D eigenvalue weighted by Gasteiger charge is -2.17. The summed E-state index contributed by atoms with van der Waals surface area (Å²) in [4.78, 5) is 0. The molecule has 0 aliphatic rings. The van der Waals surface area contributed by atoms with Gasteiger partial charge in [-0.2, -0.15) is 0 Å². The van der Waals surface area contributed by atoms with E-state index in [4.69, 9.17) is 22.4 Å². The van der Waals surface area contributed by atoms with Crippen molar-refractivity contribution in [2.75, 3.05) is 19.7 Å². The van der Waals surface area contributed by atoms with Crippen molar-refractivity contribution in [2.45, 2.75) is 25.3 Å². The molecule has 0 aliphatic heterocycles. The van der Waals surface area contributed by atoms with E-state index in [1.54, 1.807) is 0 Å². The summed E-state index contributed by atoms with van der Waals surface area (Å²) in [5.41, 5.74) is 6.88. The molecule has 1 rings (SSSR count). The van der Waals surface area contributed by atoms with Gasteiger partial charge in [-0.05, 0) is 59.4 Å². The molecule has 1 aromatic rings. The summed E-state index contributed by atoms with van der Waals surface area (Å²) in [6.45, 7) is 1.70. The number of nitrogens with one attached hydrogen (secondary N) is 1. The van der Waals surface area contributed by atoms with Gasteiger partial charge >= 0.3 is 0 Å². The SMILES string of the molecule is NCC(NCCCCCO)c1ccc(Br)c(Cl)c1. The summed E-state index contributed by atoms with van der Waals surface area (Å²) >= 11 is 9.45. The minimum absolute atomic E-state index is 0.129. The Bertz CT molecular complexity index is 363. The van der Waals surface area contributed by atoms with Crippen molar-refractivity contribution in [3.05, 3.63) is 33.3 Å². The van der Waals surface area contributed by atoms with E-state index in [0.29, 0.717) is 11.6 Å². The monoisotopic (exact) mass is 334 g/mol. The van der Waals surface area contributed by atoms with E-state index >= 15 is 0 Å². The Morgan fingerprint density at radius 2 is 2.11 bits per heavy atom. The summed E-state index contributed by atoms with van der Waals surface area (Å²) in [5, 5.41) is 12.8. The van der Waals surface area contributed by atoms with Crippen molar-refractivity contribution < 1.29 is 5.11 Å². The number of rotatable bonds is 8. The van der Waals surface area contributed by atoms with Crippen LogP contribution in [0, 0.1) is 0 Å². The van der Waals surface area contributed by atoms with Gasteiger partial charge in [-0.15, -0.1) is 0 Å². The fourth-order valence-corrected chi connectivity index (χ4v) is 2.19. The zero-order chi connectivity index (χ0) is 13.4. The molecule has 0 fully saturated rings. The van der Waals surface area contributed by atoms with Gasteiger partial charge in [-0.3, -0.25) is 0 Å². The van der Waals surface area contributed by atoms with Crippen LogP contribution in [0.1, 0.15) is 30.9 Å². The first-order valence-electron chi connectivity index (χ1n) is 6.18.